The Bertz CT molecular complexity index is 1530. The maximum atomic E-state index is 3.57. The molecular formula is C42H54Cl2Zr-2. The molecule has 0 saturated carbocycles. The number of fused-ring (bicyclic) bond motifs is 3. The maximum absolute atomic E-state index is 3.57. The van der Waals surface area contributed by atoms with Gasteiger partial charge in [-0.1, -0.05) is 136 Å². The third kappa shape index (κ3) is 11.2. The van der Waals surface area contributed by atoms with E-state index >= 15 is 0 Å². The Labute approximate surface area is 302 Å². The van der Waals surface area contributed by atoms with Crippen LogP contribution in [0.1, 0.15) is 111 Å². The van der Waals surface area contributed by atoms with Crippen molar-refractivity contribution in [2.45, 2.75) is 107 Å². The number of allylic oxidation sites excluding steroid dienone is 4. The molecule has 0 nitrogen and oxygen atoms in total. The van der Waals surface area contributed by atoms with Crippen molar-refractivity contribution in [3.05, 3.63) is 112 Å². The van der Waals surface area contributed by atoms with E-state index in [0.29, 0.717) is 11.3 Å². The molecule has 0 spiro atoms. The summed E-state index contributed by atoms with van der Waals surface area (Å²) >= 11 is 1.47. The second-order valence-electron chi connectivity index (χ2n) is 15.1. The first-order valence-electron chi connectivity index (χ1n) is 16.0. The molecule has 0 heterocycles. The van der Waals surface area contributed by atoms with Crippen LogP contribution >= 0.6 is 0 Å². The Hall–Kier alpha value is -1.66. The summed E-state index contributed by atoms with van der Waals surface area (Å²) in [4.78, 5) is 0. The van der Waals surface area contributed by atoms with Crippen LogP contribution in [0.5, 0.6) is 0 Å². The monoisotopic (exact) mass is 718 g/mol. The molecule has 0 amide bonds. The van der Waals surface area contributed by atoms with Gasteiger partial charge in [-0.05, 0) is 10.8 Å². The van der Waals surface area contributed by atoms with Gasteiger partial charge in [-0.25, -0.2) is 5.57 Å². The summed E-state index contributed by atoms with van der Waals surface area (Å²) in [5.74, 6) is 0.573. The summed E-state index contributed by atoms with van der Waals surface area (Å²) in [7, 11) is 0. The van der Waals surface area contributed by atoms with Crippen LogP contribution < -0.4 is 24.8 Å². The molecule has 3 heteroatoms. The van der Waals surface area contributed by atoms with E-state index in [1.165, 1.54) is 85.6 Å². The molecule has 0 saturated heterocycles. The minimum atomic E-state index is 0. The van der Waals surface area contributed by atoms with Gasteiger partial charge in [0.1, 0.15) is 0 Å². The number of aryl methyl sites for hydroxylation is 1. The van der Waals surface area contributed by atoms with Crippen molar-refractivity contribution in [3.8, 4) is 0 Å². The number of hydrogen-bond donors (Lipinski definition) is 0. The average molecular weight is 721 g/mol. The van der Waals surface area contributed by atoms with Crippen molar-refractivity contribution in [2.75, 3.05) is 0 Å². The van der Waals surface area contributed by atoms with Gasteiger partial charge in [0, 0.05) is 0 Å². The van der Waals surface area contributed by atoms with Crippen LogP contribution in [0.4, 0.5) is 0 Å². The SMILES string of the molecule is CC(C)(C)c1ccc2c(c1)[cH-]c1cc(C(C)(C)C)ccc12.CCC1=[C-]C(CC)C=C1C(C)(C)C.Cc1ccc([CH]=[Zr+2])cc1.[Cl-].[Cl-]. The van der Waals surface area contributed by atoms with Crippen molar-refractivity contribution in [1.29, 1.82) is 0 Å². The predicted molar refractivity (Wildman–Crippen MR) is 189 cm³/mol. The summed E-state index contributed by atoms with van der Waals surface area (Å²) in [6.07, 6.45) is 8.28. The fourth-order valence-corrected chi connectivity index (χ4v) is 5.95. The third-order valence-corrected chi connectivity index (χ3v) is 9.15. The van der Waals surface area contributed by atoms with Crippen LogP contribution in [0.25, 0.3) is 21.5 Å². The van der Waals surface area contributed by atoms with Crippen LogP contribution in [0, 0.1) is 24.3 Å². The summed E-state index contributed by atoms with van der Waals surface area (Å²) in [5, 5.41) is 5.48. The summed E-state index contributed by atoms with van der Waals surface area (Å²) in [5.41, 5.74) is 9.13. The average Bonchev–Trinajstić information content (AvgIpc) is 3.54. The van der Waals surface area contributed by atoms with Crippen LogP contribution in [0.3, 0.4) is 0 Å². The van der Waals surface area contributed by atoms with Crippen molar-refractivity contribution in [1.82, 2.24) is 0 Å². The molecule has 1 aliphatic carbocycles. The number of rotatable bonds is 3. The van der Waals surface area contributed by atoms with Gasteiger partial charge < -0.3 is 24.8 Å². The van der Waals surface area contributed by atoms with E-state index < -0.39 is 0 Å². The zero-order valence-electron chi connectivity index (χ0n) is 29.8. The van der Waals surface area contributed by atoms with E-state index in [-0.39, 0.29) is 35.6 Å². The van der Waals surface area contributed by atoms with Crippen LogP contribution in [-0.4, -0.2) is 3.71 Å². The molecule has 45 heavy (non-hydrogen) atoms. The molecular weight excluding hydrogens is 667 g/mol. The molecule has 5 rings (SSSR count). The first-order valence-corrected chi connectivity index (χ1v) is 17.5. The van der Waals surface area contributed by atoms with Gasteiger partial charge in [-0.3, -0.25) is 6.08 Å². The molecule has 242 valence electrons. The van der Waals surface area contributed by atoms with E-state index in [1.807, 2.05) is 0 Å². The second-order valence-corrected chi connectivity index (χ2v) is 15.8. The van der Waals surface area contributed by atoms with Crippen molar-refractivity contribution >= 4 is 25.3 Å². The largest absolute Gasteiger partial charge is 1.00 e. The van der Waals surface area contributed by atoms with E-state index in [2.05, 4.69) is 166 Å². The maximum Gasteiger partial charge on any atom is -1.00 e. The molecule has 1 atom stereocenters. The fraction of sp³-hybridized carbons (Fsp3) is 0.429. The zero-order chi connectivity index (χ0) is 32.2. The van der Waals surface area contributed by atoms with Crippen LogP contribution in [0.15, 0.2) is 84.0 Å². The first kappa shape index (κ1) is 41.4. The Morgan fingerprint density at radius 2 is 1.18 bits per heavy atom. The summed E-state index contributed by atoms with van der Waals surface area (Å²) in [6.45, 7) is 27.0. The van der Waals surface area contributed by atoms with Crippen LogP contribution in [0.2, 0.25) is 0 Å². The molecule has 0 aromatic heterocycles. The molecule has 1 aliphatic rings. The van der Waals surface area contributed by atoms with Gasteiger partial charge >= 0.3 is 70.3 Å². The molecule has 0 fully saturated rings. The van der Waals surface area contributed by atoms with Crippen molar-refractivity contribution in [2.24, 2.45) is 11.3 Å². The van der Waals surface area contributed by atoms with Gasteiger partial charge in [0.05, 0.1) is 0 Å². The smallest absolute Gasteiger partial charge is 1.00 e. The third-order valence-electron chi connectivity index (χ3n) is 8.33. The topological polar surface area (TPSA) is 0 Å². The molecule has 4 aromatic rings. The summed E-state index contributed by atoms with van der Waals surface area (Å²) in [6, 6.07) is 24.7. The number of hydrogen-bond acceptors (Lipinski definition) is 0. The Morgan fingerprint density at radius 3 is 1.51 bits per heavy atom. The van der Waals surface area contributed by atoms with Gasteiger partial charge in [0.15, 0.2) is 0 Å². The molecule has 0 bridgehead atoms. The standard InChI is InChI=1S/C21H25.C13H21.C8H8.2ClH.Zr/c1-20(2,3)16-7-9-18-14(12-16)11-15-13-17(21(4,5)6)8-10-19(15)18;1-6-10-8-11(7-2)12(9-10)13(3,4)5;1-7-3-5-8(2)6-4-7;;;/h7-13H,1-6H3;9-10H,6-7H2,1-5H3;1,3-6H,2H3;2*1H;/q2*-1;;;;+2/p-2. The van der Waals surface area contributed by atoms with E-state index in [9.17, 15) is 0 Å². The quantitative estimate of drug-likeness (QED) is 0.223. The Kier molecular flexibility index (Phi) is 15.6. The molecule has 0 radical (unpaired) electrons. The first-order chi connectivity index (χ1) is 20.0. The summed E-state index contributed by atoms with van der Waals surface area (Å²) < 4.78 is 2.19. The predicted octanol–water partition coefficient (Wildman–Crippen LogP) is 6.15. The molecule has 0 N–H and O–H groups in total. The number of halogens is 2. The van der Waals surface area contributed by atoms with E-state index in [1.54, 1.807) is 0 Å². The van der Waals surface area contributed by atoms with Gasteiger partial charge in [0.2, 0.25) is 0 Å². The van der Waals surface area contributed by atoms with E-state index in [4.69, 9.17) is 0 Å². The number of benzene rings is 3. The minimum Gasteiger partial charge on any atom is -1.00 e. The molecule has 1 unspecified atom stereocenters. The second kappa shape index (κ2) is 17.0. The van der Waals surface area contributed by atoms with Gasteiger partial charge in [0.25, 0.3) is 0 Å². The van der Waals surface area contributed by atoms with Crippen molar-refractivity contribution in [3.63, 3.8) is 0 Å². The minimum absolute atomic E-state index is 0. The van der Waals surface area contributed by atoms with Crippen LogP contribution in [-0.2, 0) is 35.1 Å². The molecule has 4 aromatic carbocycles. The fourth-order valence-electron chi connectivity index (χ4n) is 5.48. The Morgan fingerprint density at radius 1 is 0.711 bits per heavy atom. The normalized spacial score (nSPS) is 14.7. The molecule has 0 aliphatic heterocycles. The van der Waals surface area contributed by atoms with E-state index in [0.717, 1.165) is 6.42 Å². The zero-order valence-corrected chi connectivity index (χ0v) is 33.7. The van der Waals surface area contributed by atoms with Crippen molar-refractivity contribution < 1.29 is 49.0 Å². The Balaban J connectivity index is 0.000000363. The van der Waals surface area contributed by atoms with Gasteiger partial charge in [-0.15, -0.1) is 39.7 Å². The van der Waals surface area contributed by atoms with Gasteiger partial charge in [-0.2, -0.15) is 11.6 Å².